The summed E-state index contributed by atoms with van der Waals surface area (Å²) in [5, 5.41) is 22.5. The first-order valence-corrected chi connectivity index (χ1v) is 6.26. The van der Waals surface area contributed by atoms with Crippen LogP contribution in [0.5, 0.6) is 0 Å². The van der Waals surface area contributed by atoms with E-state index in [0.717, 1.165) is 6.33 Å². The normalized spacial score (nSPS) is 15.9. The maximum Gasteiger partial charge on any atom is 0.407 e. The zero-order valence-corrected chi connectivity index (χ0v) is 11.1. The number of carboxylic acid groups (broad SMARTS) is 1. The largest absolute Gasteiger partial charge is 0.465 e. The van der Waals surface area contributed by atoms with E-state index in [1.165, 1.54) is 4.90 Å². The Kier molecular flexibility index (Phi) is 4.18. The van der Waals surface area contributed by atoms with E-state index in [0.29, 0.717) is 25.9 Å². The quantitative estimate of drug-likeness (QED) is 0.494. The van der Waals surface area contributed by atoms with Crippen molar-refractivity contribution >= 4 is 29.2 Å². The molecule has 20 heavy (non-hydrogen) atoms. The smallest absolute Gasteiger partial charge is 0.407 e. The average molecular weight is 302 g/mol. The highest BCUT2D eigenvalue weighted by atomic mass is 35.5. The Bertz CT molecular complexity index is 532. The fourth-order valence-corrected chi connectivity index (χ4v) is 2.24. The van der Waals surface area contributed by atoms with Crippen LogP contribution in [0.3, 0.4) is 0 Å². The molecule has 0 aromatic carbocycles. The van der Waals surface area contributed by atoms with Gasteiger partial charge in [-0.3, -0.25) is 10.1 Å². The lowest BCUT2D eigenvalue weighted by atomic mass is 10.1. The molecule has 1 aromatic rings. The minimum atomic E-state index is -0.959. The van der Waals surface area contributed by atoms with Crippen molar-refractivity contribution in [2.45, 2.75) is 18.9 Å². The molecule has 2 heterocycles. The molecule has 0 unspecified atom stereocenters. The molecule has 2 N–H and O–H groups in total. The van der Waals surface area contributed by atoms with Gasteiger partial charge in [0.1, 0.15) is 6.33 Å². The van der Waals surface area contributed by atoms with Gasteiger partial charge in [0.25, 0.3) is 0 Å². The zero-order valence-electron chi connectivity index (χ0n) is 10.3. The standard InChI is InChI=1S/C10H12ClN5O4/c11-8-7(16(19)20)9(13-5-12-8)14-6-1-3-15(4-2-6)10(17)18/h5-6H,1-4H2,(H,17,18)(H,12,13,14). The molecule has 108 valence electrons. The Morgan fingerprint density at radius 1 is 1.50 bits per heavy atom. The van der Waals surface area contributed by atoms with Crippen LogP contribution in [0.1, 0.15) is 12.8 Å². The number of hydrogen-bond acceptors (Lipinski definition) is 6. The van der Waals surface area contributed by atoms with E-state index in [1.54, 1.807) is 0 Å². The van der Waals surface area contributed by atoms with Gasteiger partial charge in [-0.1, -0.05) is 11.6 Å². The lowest BCUT2D eigenvalue weighted by Crippen LogP contribution is -2.41. The molecule has 1 saturated heterocycles. The molecule has 0 aliphatic carbocycles. The molecule has 1 aliphatic heterocycles. The molecule has 10 heteroatoms. The summed E-state index contributed by atoms with van der Waals surface area (Å²) in [5.74, 6) is 0.0591. The van der Waals surface area contributed by atoms with Crippen molar-refractivity contribution in [1.29, 1.82) is 0 Å². The number of nitrogens with zero attached hydrogens (tertiary/aromatic N) is 4. The highest BCUT2D eigenvalue weighted by Crippen LogP contribution is 2.29. The Hall–Kier alpha value is -2.16. The molecule has 0 atom stereocenters. The summed E-state index contributed by atoms with van der Waals surface area (Å²) in [4.78, 5) is 29.8. The number of nitrogens with one attached hydrogen (secondary N) is 1. The number of piperidine rings is 1. The topological polar surface area (TPSA) is 121 Å². The van der Waals surface area contributed by atoms with Crippen LogP contribution in [0.4, 0.5) is 16.3 Å². The molecule has 1 amide bonds. The summed E-state index contributed by atoms with van der Waals surface area (Å²) in [6.45, 7) is 0.749. The number of nitro groups is 1. The van der Waals surface area contributed by atoms with Crippen LogP contribution in [0.15, 0.2) is 6.33 Å². The van der Waals surface area contributed by atoms with Crippen LogP contribution in [0, 0.1) is 10.1 Å². The number of hydrogen-bond donors (Lipinski definition) is 2. The minimum Gasteiger partial charge on any atom is -0.465 e. The Balaban J connectivity index is 2.07. The highest BCUT2D eigenvalue weighted by Gasteiger charge is 2.27. The Morgan fingerprint density at radius 2 is 2.15 bits per heavy atom. The minimum absolute atomic E-state index is 0.0591. The van der Waals surface area contributed by atoms with Gasteiger partial charge in [-0.2, -0.15) is 0 Å². The SMILES string of the molecule is O=C(O)N1CCC(Nc2ncnc(Cl)c2[N+](=O)[O-])CC1. The predicted octanol–water partition coefficient (Wildman–Crippen LogP) is 1.59. The zero-order chi connectivity index (χ0) is 14.7. The third kappa shape index (κ3) is 3.05. The van der Waals surface area contributed by atoms with Gasteiger partial charge in [-0.05, 0) is 12.8 Å². The molecule has 0 radical (unpaired) electrons. The molecule has 0 saturated carbocycles. The molecule has 1 aliphatic rings. The first-order valence-electron chi connectivity index (χ1n) is 5.88. The van der Waals surface area contributed by atoms with Crippen molar-refractivity contribution in [3.05, 3.63) is 21.6 Å². The van der Waals surface area contributed by atoms with Gasteiger partial charge >= 0.3 is 11.8 Å². The van der Waals surface area contributed by atoms with E-state index in [4.69, 9.17) is 16.7 Å². The van der Waals surface area contributed by atoms with Crippen molar-refractivity contribution in [3.63, 3.8) is 0 Å². The van der Waals surface area contributed by atoms with E-state index < -0.39 is 11.0 Å². The van der Waals surface area contributed by atoms with Crippen molar-refractivity contribution in [1.82, 2.24) is 14.9 Å². The second kappa shape index (κ2) is 5.87. The number of rotatable bonds is 3. The maximum atomic E-state index is 10.9. The number of aromatic nitrogens is 2. The highest BCUT2D eigenvalue weighted by molar-refractivity contribution is 6.31. The van der Waals surface area contributed by atoms with Gasteiger partial charge < -0.3 is 15.3 Å². The molecule has 2 rings (SSSR count). The van der Waals surface area contributed by atoms with Crippen LogP contribution in [-0.4, -0.2) is 50.1 Å². The number of carbonyl (C=O) groups is 1. The summed E-state index contributed by atoms with van der Waals surface area (Å²) in [6, 6.07) is -0.0877. The Labute approximate surface area is 118 Å². The van der Waals surface area contributed by atoms with Gasteiger partial charge in [0.05, 0.1) is 4.92 Å². The summed E-state index contributed by atoms with van der Waals surface area (Å²) < 4.78 is 0. The van der Waals surface area contributed by atoms with Gasteiger partial charge in [0.2, 0.25) is 11.0 Å². The average Bonchev–Trinajstić information content (AvgIpc) is 2.39. The molecule has 1 fully saturated rings. The van der Waals surface area contributed by atoms with Crippen LogP contribution in [0.2, 0.25) is 5.15 Å². The first-order chi connectivity index (χ1) is 9.49. The number of likely N-dealkylation sites (tertiary alicyclic amines) is 1. The van der Waals surface area contributed by atoms with Crippen molar-refractivity contribution in [2.75, 3.05) is 18.4 Å². The molecule has 0 bridgehead atoms. The Morgan fingerprint density at radius 3 is 2.70 bits per heavy atom. The van der Waals surface area contributed by atoms with Crippen molar-refractivity contribution in [3.8, 4) is 0 Å². The lowest BCUT2D eigenvalue weighted by Gasteiger charge is -2.30. The van der Waals surface area contributed by atoms with Gasteiger partial charge in [-0.15, -0.1) is 0 Å². The van der Waals surface area contributed by atoms with E-state index in [-0.39, 0.29) is 22.7 Å². The number of amides is 1. The van der Waals surface area contributed by atoms with Crippen molar-refractivity contribution < 1.29 is 14.8 Å². The van der Waals surface area contributed by atoms with Crippen LogP contribution in [0.25, 0.3) is 0 Å². The molecular weight excluding hydrogens is 290 g/mol. The lowest BCUT2D eigenvalue weighted by molar-refractivity contribution is -0.384. The third-order valence-electron chi connectivity index (χ3n) is 3.07. The fraction of sp³-hybridized carbons (Fsp3) is 0.500. The first kappa shape index (κ1) is 14.3. The fourth-order valence-electron chi connectivity index (χ4n) is 2.03. The second-order valence-corrected chi connectivity index (χ2v) is 4.67. The summed E-state index contributed by atoms with van der Waals surface area (Å²) in [5.41, 5.74) is -0.366. The maximum absolute atomic E-state index is 10.9. The third-order valence-corrected chi connectivity index (χ3v) is 3.34. The van der Waals surface area contributed by atoms with E-state index in [2.05, 4.69) is 15.3 Å². The van der Waals surface area contributed by atoms with Crippen molar-refractivity contribution in [2.24, 2.45) is 0 Å². The van der Waals surface area contributed by atoms with E-state index in [9.17, 15) is 14.9 Å². The molecule has 1 aromatic heterocycles. The monoisotopic (exact) mass is 301 g/mol. The van der Waals surface area contributed by atoms with Crippen LogP contribution >= 0.6 is 11.6 Å². The molecule has 0 spiro atoms. The number of halogens is 1. The van der Waals surface area contributed by atoms with E-state index >= 15 is 0 Å². The predicted molar refractivity (Wildman–Crippen MR) is 69.9 cm³/mol. The van der Waals surface area contributed by atoms with E-state index in [1.807, 2.05) is 0 Å². The number of anilines is 1. The molecular formula is C10H12ClN5O4. The summed E-state index contributed by atoms with van der Waals surface area (Å²) in [7, 11) is 0. The second-order valence-electron chi connectivity index (χ2n) is 4.31. The molecule has 9 nitrogen and oxygen atoms in total. The van der Waals surface area contributed by atoms with Gasteiger partial charge in [0.15, 0.2) is 0 Å². The summed E-state index contributed by atoms with van der Waals surface area (Å²) in [6.07, 6.45) is 1.28. The van der Waals surface area contributed by atoms with Gasteiger partial charge in [-0.25, -0.2) is 14.8 Å². The van der Waals surface area contributed by atoms with Crippen LogP contribution < -0.4 is 5.32 Å². The van der Waals surface area contributed by atoms with Gasteiger partial charge in [0, 0.05) is 19.1 Å². The van der Waals surface area contributed by atoms with Crippen LogP contribution in [-0.2, 0) is 0 Å². The summed E-state index contributed by atoms with van der Waals surface area (Å²) >= 11 is 5.69.